The molecule has 32 heavy (non-hydrogen) atoms. The van der Waals surface area contributed by atoms with E-state index in [1.54, 1.807) is 48.5 Å². The number of hydrogen-bond acceptors (Lipinski definition) is 6. The highest BCUT2D eigenvalue weighted by Gasteiger charge is 2.14. The number of nitrogens with one attached hydrogen (secondary N) is 1. The number of hydrazone groups is 1. The first kappa shape index (κ1) is 23.0. The Labute approximate surface area is 194 Å². The molecule has 3 aromatic rings. The fourth-order valence-electron chi connectivity index (χ4n) is 2.87. The molecule has 0 saturated heterocycles. The van der Waals surface area contributed by atoms with Crippen LogP contribution >= 0.6 is 15.9 Å². The van der Waals surface area contributed by atoms with Gasteiger partial charge in [-0.05, 0) is 55.0 Å². The summed E-state index contributed by atoms with van der Waals surface area (Å²) in [5.41, 5.74) is 4.60. The minimum atomic E-state index is -0.477. The Bertz CT molecular complexity index is 1180. The number of nitrogens with zero attached hydrogens (tertiary/aromatic N) is 1. The van der Waals surface area contributed by atoms with Crippen molar-refractivity contribution in [2.75, 3.05) is 14.2 Å². The second-order valence-electron chi connectivity index (χ2n) is 6.66. The second-order valence-corrected chi connectivity index (χ2v) is 7.57. The van der Waals surface area contributed by atoms with Gasteiger partial charge < -0.3 is 14.2 Å². The summed E-state index contributed by atoms with van der Waals surface area (Å²) in [6.07, 6.45) is 1.41. The summed E-state index contributed by atoms with van der Waals surface area (Å²) in [7, 11) is 3.01. The van der Waals surface area contributed by atoms with E-state index in [2.05, 4.69) is 26.5 Å². The maximum atomic E-state index is 12.6. The van der Waals surface area contributed by atoms with Gasteiger partial charge in [0, 0.05) is 15.6 Å². The highest BCUT2D eigenvalue weighted by Crippen LogP contribution is 2.27. The molecule has 0 unspecified atom stereocenters. The monoisotopic (exact) mass is 496 g/mol. The molecule has 0 fully saturated rings. The lowest BCUT2D eigenvalue weighted by atomic mass is 10.1. The van der Waals surface area contributed by atoms with Gasteiger partial charge in [-0.15, -0.1) is 0 Å². The third-order valence-electron chi connectivity index (χ3n) is 4.55. The fourth-order valence-corrected chi connectivity index (χ4v) is 3.25. The van der Waals surface area contributed by atoms with E-state index >= 15 is 0 Å². The van der Waals surface area contributed by atoms with E-state index in [1.165, 1.54) is 20.4 Å². The van der Waals surface area contributed by atoms with Crippen molar-refractivity contribution in [3.63, 3.8) is 0 Å². The minimum absolute atomic E-state index is 0.311. The van der Waals surface area contributed by atoms with Crippen LogP contribution < -0.4 is 19.6 Å². The predicted octanol–water partition coefficient (Wildman–Crippen LogP) is 4.76. The van der Waals surface area contributed by atoms with Gasteiger partial charge in [0.2, 0.25) is 0 Å². The molecule has 3 rings (SSSR count). The van der Waals surface area contributed by atoms with E-state index in [0.717, 1.165) is 10.0 Å². The molecule has 0 bridgehead atoms. The maximum Gasteiger partial charge on any atom is 0.343 e. The Morgan fingerprint density at radius 2 is 1.66 bits per heavy atom. The number of rotatable bonds is 7. The molecule has 0 spiro atoms. The third-order valence-corrected chi connectivity index (χ3v) is 5.05. The van der Waals surface area contributed by atoms with Crippen molar-refractivity contribution in [1.29, 1.82) is 0 Å². The number of halogens is 1. The summed E-state index contributed by atoms with van der Waals surface area (Å²) >= 11 is 3.39. The molecule has 0 aliphatic carbocycles. The van der Waals surface area contributed by atoms with Gasteiger partial charge >= 0.3 is 5.97 Å². The van der Waals surface area contributed by atoms with Crippen LogP contribution in [0.3, 0.4) is 0 Å². The SMILES string of the molecule is COc1ccc(C(=O)N/N=C\c2cc(Br)ccc2OC(=O)c2ccccc2C)cc1OC. The van der Waals surface area contributed by atoms with E-state index in [-0.39, 0.29) is 0 Å². The normalized spacial score (nSPS) is 10.6. The molecule has 0 heterocycles. The zero-order valence-corrected chi connectivity index (χ0v) is 19.3. The molecule has 8 heteroatoms. The van der Waals surface area contributed by atoms with E-state index in [4.69, 9.17) is 14.2 Å². The molecule has 0 aliphatic heterocycles. The smallest absolute Gasteiger partial charge is 0.343 e. The summed E-state index contributed by atoms with van der Waals surface area (Å²) in [6.45, 7) is 1.84. The second kappa shape index (κ2) is 10.6. The Morgan fingerprint density at radius 1 is 0.938 bits per heavy atom. The van der Waals surface area contributed by atoms with Gasteiger partial charge in [0.25, 0.3) is 5.91 Å². The van der Waals surface area contributed by atoms with E-state index < -0.39 is 11.9 Å². The van der Waals surface area contributed by atoms with Crippen LogP contribution in [-0.2, 0) is 0 Å². The molecular formula is C24H21BrN2O5. The molecule has 0 atom stereocenters. The van der Waals surface area contributed by atoms with Crippen molar-refractivity contribution in [3.05, 3.63) is 87.4 Å². The Kier molecular flexibility index (Phi) is 7.62. The number of ether oxygens (including phenoxy) is 3. The van der Waals surface area contributed by atoms with Gasteiger partial charge in [-0.3, -0.25) is 4.79 Å². The maximum absolute atomic E-state index is 12.6. The van der Waals surface area contributed by atoms with E-state index in [9.17, 15) is 9.59 Å². The molecule has 0 saturated carbocycles. The quantitative estimate of drug-likeness (QED) is 0.220. The number of methoxy groups -OCH3 is 2. The Morgan fingerprint density at radius 3 is 2.38 bits per heavy atom. The van der Waals surface area contributed by atoms with Crippen molar-refractivity contribution in [2.24, 2.45) is 5.10 Å². The average Bonchev–Trinajstić information content (AvgIpc) is 2.80. The zero-order chi connectivity index (χ0) is 23.1. The third kappa shape index (κ3) is 5.53. The summed E-state index contributed by atoms with van der Waals surface area (Å²) in [6, 6.07) is 17.1. The van der Waals surface area contributed by atoms with Crippen LogP contribution in [0.2, 0.25) is 0 Å². The van der Waals surface area contributed by atoms with Crippen LogP contribution in [0.4, 0.5) is 0 Å². The van der Waals surface area contributed by atoms with Gasteiger partial charge in [-0.2, -0.15) is 5.10 Å². The molecule has 1 N–H and O–H groups in total. The van der Waals surface area contributed by atoms with Crippen molar-refractivity contribution < 1.29 is 23.8 Å². The number of esters is 1. The lowest BCUT2D eigenvalue weighted by Gasteiger charge is -2.10. The van der Waals surface area contributed by atoms with Gasteiger partial charge in [-0.1, -0.05) is 34.1 Å². The van der Waals surface area contributed by atoms with Crippen LogP contribution in [0.25, 0.3) is 0 Å². The van der Waals surface area contributed by atoms with Crippen LogP contribution in [-0.4, -0.2) is 32.3 Å². The van der Waals surface area contributed by atoms with Crippen LogP contribution in [0.1, 0.15) is 31.8 Å². The number of carbonyl (C=O) groups is 2. The molecular weight excluding hydrogens is 476 g/mol. The topological polar surface area (TPSA) is 86.2 Å². The number of amides is 1. The van der Waals surface area contributed by atoms with Crippen molar-refractivity contribution in [3.8, 4) is 17.2 Å². The number of aryl methyl sites for hydroxylation is 1. The average molecular weight is 497 g/mol. The number of carbonyl (C=O) groups excluding carboxylic acids is 2. The first-order valence-electron chi connectivity index (χ1n) is 9.55. The van der Waals surface area contributed by atoms with Crippen LogP contribution in [0, 0.1) is 6.92 Å². The lowest BCUT2D eigenvalue weighted by molar-refractivity contribution is 0.0733. The van der Waals surface area contributed by atoms with Crippen molar-refractivity contribution >= 4 is 34.0 Å². The standard InChI is InChI=1S/C24H21BrN2O5/c1-15-6-4-5-7-19(15)24(29)32-20-11-9-18(25)12-17(20)14-26-27-23(28)16-8-10-21(30-2)22(13-16)31-3/h4-14H,1-3H3,(H,27,28)/b26-14-. The molecule has 164 valence electrons. The van der Waals surface area contributed by atoms with Crippen LogP contribution in [0.15, 0.2) is 70.2 Å². The summed E-state index contributed by atoms with van der Waals surface area (Å²) in [5, 5.41) is 4.01. The van der Waals surface area contributed by atoms with Crippen molar-refractivity contribution in [2.45, 2.75) is 6.92 Å². The van der Waals surface area contributed by atoms with E-state index in [0.29, 0.717) is 33.9 Å². The first-order chi connectivity index (χ1) is 15.4. The van der Waals surface area contributed by atoms with Gasteiger partial charge in [0.1, 0.15) is 5.75 Å². The van der Waals surface area contributed by atoms with Gasteiger partial charge in [0.05, 0.1) is 26.0 Å². The highest BCUT2D eigenvalue weighted by atomic mass is 79.9. The zero-order valence-electron chi connectivity index (χ0n) is 17.7. The van der Waals surface area contributed by atoms with Gasteiger partial charge in [-0.25, -0.2) is 10.2 Å². The number of hydrogen-bond donors (Lipinski definition) is 1. The summed E-state index contributed by atoms with van der Waals surface area (Å²) < 4.78 is 16.7. The fraction of sp³-hybridized carbons (Fsp3) is 0.125. The summed E-state index contributed by atoms with van der Waals surface area (Å²) in [4.78, 5) is 25.0. The molecule has 0 radical (unpaired) electrons. The van der Waals surface area contributed by atoms with Crippen LogP contribution in [0.5, 0.6) is 17.2 Å². The van der Waals surface area contributed by atoms with Gasteiger partial charge in [0.15, 0.2) is 11.5 Å². The Balaban J connectivity index is 1.76. The molecule has 0 aromatic heterocycles. The lowest BCUT2D eigenvalue weighted by Crippen LogP contribution is -2.18. The summed E-state index contributed by atoms with van der Waals surface area (Å²) in [5.74, 6) is 0.346. The highest BCUT2D eigenvalue weighted by molar-refractivity contribution is 9.10. The van der Waals surface area contributed by atoms with Crippen molar-refractivity contribution in [1.82, 2.24) is 5.43 Å². The molecule has 0 aliphatic rings. The predicted molar refractivity (Wildman–Crippen MR) is 125 cm³/mol. The minimum Gasteiger partial charge on any atom is -0.493 e. The Hall–Kier alpha value is -3.65. The largest absolute Gasteiger partial charge is 0.493 e. The molecule has 3 aromatic carbocycles. The number of benzene rings is 3. The first-order valence-corrected chi connectivity index (χ1v) is 10.3. The molecule has 1 amide bonds. The molecule has 7 nitrogen and oxygen atoms in total. The van der Waals surface area contributed by atoms with E-state index in [1.807, 2.05) is 19.1 Å².